The molecule has 0 N–H and O–H groups in total. The molecule has 2 aliphatic rings. The lowest BCUT2D eigenvalue weighted by Crippen LogP contribution is -1.84. The van der Waals surface area contributed by atoms with E-state index < -0.39 is 0 Å². The third kappa shape index (κ3) is 0.459. The van der Waals surface area contributed by atoms with Crippen molar-refractivity contribution < 1.29 is 0 Å². The minimum atomic E-state index is 0.931. The summed E-state index contributed by atoms with van der Waals surface area (Å²) >= 11 is 0. The highest BCUT2D eigenvalue weighted by Gasteiger charge is 2.36. The minimum absolute atomic E-state index is 0.931. The van der Waals surface area contributed by atoms with Crippen LogP contribution in [0.1, 0.15) is 13.3 Å². The molecule has 1 saturated carbocycles. The van der Waals surface area contributed by atoms with Crippen molar-refractivity contribution in [2.75, 3.05) is 0 Å². The Morgan fingerprint density at radius 1 is 1.62 bits per heavy atom. The smallest absolute Gasteiger partial charge is 0.0134 e. The van der Waals surface area contributed by atoms with Gasteiger partial charge in [-0.2, -0.15) is 0 Å². The molecule has 0 heteroatoms. The highest BCUT2D eigenvalue weighted by Crippen LogP contribution is 2.46. The Kier molecular flexibility index (Phi) is 0.682. The third-order valence-electron chi connectivity index (χ3n) is 2.14. The average molecular weight is 106 g/mol. The Balaban J connectivity index is 2.30. The first-order valence-electron chi connectivity index (χ1n) is 3.23. The molecule has 0 amide bonds. The number of hydrogen-bond acceptors (Lipinski definition) is 0. The van der Waals surface area contributed by atoms with Crippen molar-refractivity contribution in [1.29, 1.82) is 0 Å². The fourth-order valence-electron chi connectivity index (χ4n) is 1.42. The molecule has 0 bridgehead atoms. The van der Waals surface area contributed by atoms with E-state index in [0.717, 1.165) is 11.8 Å². The molecule has 2 unspecified atom stereocenters. The fraction of sp³-hybridized carbons (Fsp3) is 0.500. The highest BCUT2D eigenvalue weighted by atomic mass is 14.4. The van der Waals surface area contributed by atoms with E-state index in [1.807, 2.05) is 0 Å². The fourth-order valence-corrected chi connectivity index (χ4v) is 1.42. The van der Waals surface area contributed by atoms with Crippen LogP contribution >= 0.6 is 0 Å². The molecule has 0 aromatic carbocycles. The Labute approximate surface area is 49.9 Å². The van der Waals surface area contributed by atoms with Gasteiger partial charge < -0.3 is 0 Å². The van der Waals surface area contributed by atoms with E-state index in [0.29, 0.717) is 0 Å². The zero-order valence-corrected chi connectivity index (χ0v) is 5.09. The number of fused-ring (bicyclic) bond motifs is 1. The first-order valence-corrected chi connectivity index (χ1v) is 3.23. The molecule has 2 aliphatic carbocycles. The lowest BCUT2D eigenvalue weighted by molar-refractivity contribution is 0.909. The highest BCUT2D eigenvalue weighted by molar-refractivity contribution is 5.28. The van der Waals surface area contributed by atoms with Crippen molar-refractivity contribution in [2.45, 2.75) is 13.3 Å². The minimum Gasteiger partial charge on any atom is -0.0808 e. The maximum Gasteiger partial charge on any atom is -0.0134 e. The van der Waals surface area contributed by atoms with Crippen LogP contribution in [0.15, 0.2) is 23.8 Å². The molecule has 0 spiro atoms. The summed E-state index contributed by atoms with van der Waals surface area (Å²) in [6.07, 6.45) is 8.15. The topological polar surface area (TPSA) is 0 Å². The molecule has 0 aromatic rings. The molecule has 2 rings (SSSR count). The van der Waals surface area contributed by atoms with Crippen molar-refractivity contribution in [3.8, 4) is 0 Å². The summed E-state index contributed by atoms with van der Waals surface area (Å²) in [6, 6.07) is 0. The van der Waals surface area contributed by atoms with Gasteiger partial charge in [0.05, 0.1) is 0 Å². The molecule has 0 saturated heterocycles. The molecule has 42 valence electrons. The largest absolute Gasteiger partial charge is 0.0808 e. The van der Waals surface area contributed by atoms with Crippen LogP contribution in [0, 0.1) is 11.8 Å². The summed E-state index contributed by atoms with van der Waals surface area (Å²) in [6.45, 7) is 2.23. The van der Waals surface area contributed by atoms with E-state index in [1.165, 1.54) is 6.42 Å². The van der Waals surface area contributed by atoms with Crippen molar-refractivity contribution in [2.24, 2.45) is 11.8 Å². The summed E-state index contributed by atoms with van der Waals surface area (Å²) in [5.74, 6) is 1.87. The summed E-state index contributed by atoms with van der Waals surface area (Å²) in [4.78, 5) is 0. The van der Waals surface area contributed by atoms with Gasteiger partial charge in [0.15, 0.2) is 0 Å². The van der Waals surface area contributed by atoms with E-state index in [1.54, 1.807) is 5.57 Å². The molecular formula is C8H10. The van der Waals surface area contributed by atoms with Gasteiger partial charge in [-0.05, 0) is 25.2 Å². The van der Waals surface area contributed by atoms with Gasteiger partial charge in [-0.1, -0.05) is 23.8 Å². The van der Waals surface area contributed by atoms with E-state index in [9.17, 15) is 0 Å². The van der Waals surface area contributed by atoms with E-state index in [4.69, 9.17) is 0 Å². The predicted octanol–water partition coefficient (Wildman–Crippen LogP) is 2.14. The maximum absolute atomic E-state index is 2.32. The SMILES string of the molecule is CC1=CC=CC2CC12. The first kappa shape index (κ1) is 4.37. The molecule has 0 radical (unpaired) electrons. The van der Waals surface area contributed by atoms with Crippen LogP contribution in [0.4, 0.5) is 0 Å². The Morgan fingerprint density at radius 3 is 3.12 bits per heavy atom. The monoisotopic (exact) mass is 106 g/mol. The lowest BCUT2D eigenvalue weighted by atomic mass is 10.1. The summed E-state index contributed by atoms with van der Waals surface area (Å²) < 4.78 is 0. The second-order valence-electron chi connectivity index (χ2n) is 2.80. The van der Waals surface area contributed by atoms with Crippen LogP contribution in [0.25, 0.3) is 0 Å². The first-order chi connectivity index (χ1) is 3.88. The van der Waals surface area contributed by atoms with Gasteiger partial charge in [0.2, 0.25) is 0 Å². The van der Waals surface area contributed by atoms with Crippen LogP contribution in [0.3, 0.4) is 0 Å². The van der Waals surface area contributed by atoms with Gasteiger partial charge >= 0.3 is 0 Å². The number of allylic oxidation sites excluding steroid dienone is 4. The average Bonchev–Trinajstić information content (AvgIpc) is 2.45. The molecular weight excluding hydrogens is 96.1 g/mol. The van der Waals surface area contributed by atoms with Gasteiger partial charge in [-0.3, -0.25) is 0 Å². The van der Waals surface area contributed by atoms with Crippen LogP contribution < -0.4 is 0 Å². The van der Waals surface area contributed by atoms with Crippen molar-refractivity contribution in [3.63, 3.8) is 0 Å². The molecule has 0 aliphatic heterocycles. The van der Waals surface area contributed by atoms with E-state index >= 15 is 0 Å². The van der Waals surface area contributed by atoms with Crippen LogP contribution in [0.2, 0.25) is 0 Å². The second-order valence-corrected chi connectivity index (χ2v) is 2.80. The van der Waals surface area contributed by atoms with Crippen molar-refractivity contribution in [1.82, 2.24) is 0 Å². The lowest BCUT2D eigenvalue weighted by Gasteiger charge is -1.98. The number of rotatable bonds is 0. The molecule has 8 heavy (non-hydrogen) atoms. The van der Waals surface area contributed by atoms with Crippen LogP contribution in [0.5, 0.6) is 0 Å². The second kappa shape index (κ2) is 1.25. The predicted molar refractivity (Wildman–Crippen MR) is 34.5 cm³/mol. The molecule has 2 atom stereocenters. The zero-order valence-electron chi connectivity index (χ0n) is 5.09. The van der Waals surface area contributed by atoms with Gasteiger partial charge in [0.1, 0.15) is 0 Å². The Bertz CT molecular complexity index is 163. The summed E-state index contributed by atoms with van der Waals surface area (Å²) in [5.41, 5.74) is 1.58. The molecule has 0 nitrogen and oxygen atoms in total. The molecule has 0 aromatic heterocycles. The molecule has 0 heterocycles. The van der Waals surface area contributed by atoms with Crippen LogP contribution in [-0.2, 0) is 0 Å². The van der Waals surface area contributed by atoms with Crippen LogP contribution in [-0.4, -0.2) is 0 Å². The van der Waals surface area contributed by atoms with Gasteiger partial charge in [0, 0.05) is 0 Å². The summed E-state index contributed by atoms with van der Waals surface area (Å²) in [7, 11) is 0. The van der Waals surface area contributed by atoms with Crippen molar-refractivity contribution in [3.05, 3.63) is 23.8 Å². The zero-order chi connectivity index (χ0) is 5.56. The van der Waals surface area contributed by atoms with Gasteiger partial charge in [0.25, 0.3) is 0 Å². The quantitative estimate of drug-likeness (QED) is 0.444. The Hall–Kier alpha value is -0.520. The normalized spacial score (nSPS) is 40.9. The van der Waals surface area contributed by atoms with E-state index in [-0.39, 0.29) is 0 Å². The standard InChI is InChI=1S/C8H10/c1-6-3-2-4-7-5-8(6)7/h2-4,7-8H,5H2,1H3. The molecule has 1 fully saturated rings. The number of hydrogen-bond donors (Lipinski definition) is 0. The van der Waals surface area contributed by atoms with E-state index in [2.05, 4.69) is 25.2 Å². The van der Waals surface area contributed by atoms with Crippen molar-refractivity contribution >= 4 is 0 Å². The van der Waals surface area contributed by atoms with Gasteiger partial charge in [-0.25, -0.2) is 0 Å². The third-order valence-corrected chi connectivity index (χ3v) is 2.14. The Morgan fingerprint density at radius 2 is 2.50 bits per heavy atom. The maximum atomic E-state index is 2.32. The van der Waals surface area contributed by atoms with Gasteiger partial charge in [-0.15, -0.1) is 0 Å². The summed E-state index contributed by atoms with van der Waals surface area (Å²) in [5, 5.41) is 0.